The van der Waals surface area contributed by atoms with Crippen molar-refractivity contribution in [2.45, 2.75) is 13.5 Å². The molecular formula is C20H19N5O. The number of amides is 1. The van der Waals surface area contributed by atoms with E-state index in [1.165, 1.54) is 11.8 Å². The Morgan fingerprint density at radius 3 is 2.54 bits per heavy atom. The summed E-state index contributed by atoms with van der Waals surface area (Å²) in [5.74, 6) is -0.455. The molecule has 1 amide bonds. The monoisotopic (exact) mass is 345 g/mol. The number of anilines is 1. The Kier molecular flexibility index (Phi) is 5.34. The summed E-state index contributed by atoms with van der Waals surface area (Å²) in [5, 5.41) is 21.6. The molecule has 3 aromatic rings. The van der Waals surface area contributed by atoms with Gasteiger partial charge in [0.2, 0.25) is 0 Å². The molecule has 0 spiro atoms. The highest BCUT2D eigenvalue weighted by molar-refractivity contribution is 6.12. The van der Waals surface area contributed by atoms with Crippen LogP contribution in [-0.2, 0) is 6.54 Å². The molecule has 0 aliphatic heterocycles. The van der Waals surface area contributed by atoms with Crippen LogP contribution in [0.4, 0.5) is 5.69 Å². The molecule has 0 atom stereocenters. The summed E-state index contributed by atoms with van der Waals surface area (Å²) in [6.07, 6.45) is 1.49. The lowest BCUT2D eigenvalue weighted by molar-refractivity contribution is 0.0971. The Balaban J connectivity index is 1.70. The minimum absolute atomic E-state index is 0.00709. The molecule has 0 aliphatic rings. The van der Waals surface area contributed by atoms with Crippen LogP contribution in [-0.4, -0.2) is 21.9 Å². The summed E-state index contributed by atoms with van der Waals surface area (Å²) in [6, 6.07) is 18.8. The minimum Gasteiger partial charge on any atom is -0.380 e. The van der Waals surface area contributed by atoms with Gasteiger partial charge in [-0.05, 0) is 36.8 Å². The Morgan fingerprint density at radius 1 is 1.04 bits per heavy atom. The van der Waals surface area contributed by atoms with Crippen molar-refractivity contribution in [2.24, 2.45) is 0 Å². The van der Waals surface area contributed by atoms with Crippen LogP contribution in [0.5, 0.6) is 0 Å². The maximum atomic E-state index is 12.2. The Labute approximate surface area is 151 Å². The van der Waals surface area contributed by atoms with Crippen LogP contribution in [0.2, 0.25) is 0 Å². The van der Waals surface area contributed by atoms with E-state index in [0.29, 0.717) is 12.1 Å². The number of nitrogens with one attached hydrogen (secondary N) is 3. The third-order valence-electron chi connectivity index (χ3n) is 3.84. The van der Waals surface area contributed by atoms with E-state index in [2.05, 4.69) is 45.1 Å². The molecule has 0 bridgehead atoms. The van der Waals surface area contributed by atoms with E-state index >= 15 is 0 Å². The fourth-order valence-electron chi connectivity index (χ4n) is 2.43. The fraction of sp³-hybridized carbons (Fsp3) is 0.100. The van der Waals surface area contributed by atoms with Gasteiger partial charge in [0.25, 0.3) is 5.91 Å². The summed E-state index contributed by atoms with van der Waals surface area (Å²) in [7, 11) is 0. The summed E-state index contributed by atoms with van der Waals surface area (Å²) in [6.45, 7) is 2.68. The number of rotatable bonds is 5. The van der Waals surface area contributed by atoms with E-state index in [1.807, 2.05) is 25.1 Å². The van der Waals surface area contributed by atoms with Crippen molar-refractivity contribution in [1.29, 1.82) is 5.41 Å². The highest BCUT2D eigenvalue weighted by Crippen LogP contribution is 2.16. The lowest BCUT2D eigenvalue weighted by Gasteiger charge is -2.13. The largest absolute Gasteiger partial charge is 0.380 e. The standard InChI is InChI=1S/C20H19N5O/c1-14-8-10-15(11-9-14)13-22-17-6-3-2-5-16(17)19(21)24-20(26)18-7-4-12-23-25-18/h2-12,22H,13H2,1H3,(H2,21,24,26). The van der Waals surface area contributed by atoms with Gasteiger partial charge < -0.3 is 10.6 Å². The lowest BCUT2D eigenvalue weighted by Crippen LogP contribution is -2.31. The van der Waals surface area contributed by atoms with Gasteiger partial charge >= 0.3 is 0 Å². The molecule has 6 heteroatoms. The number of carbonyl (C=O) groups is 1. The molecule has 0 fully saturated rings. The van der Waals surface area contributed by atoms with Crippen molar-refractivity contribution in [3.8, 4) is 0 Å². The number of hydrogen-bond donors (Lipinski definition) is 3. The van der Waals surface area contributed by atoms with Gasteiger partial charge in [-0.1, -0.05) is 42.0 Å². The molecule has 130 valence electrons. The first-order valence-corrected chi connectivity index (χ1v) is 8.20. The van der Waals surface area contributed by atoms with Crippen molar-refractivity contribution < 1.29 is 4.79 Å². The average molecular weight is 345 g/mol. The molecule has 0 saturated heterocycles. The van der Waals surface area contributed by atoms with Crippen molar-refractivity contribution >= 4 is 17.4 Å². The minimum atomic E-state index is -0.462. The highest BCUT2D eigenvalue weighted by Gasteiger charge is 2.13. The summed E-state index contributed by atoms with van der Waals surface area (Å²) in [4.78, 5) is 12.2. The molecule has 1 heterocycles. The first-order chi connectivity index (χ1) is 12.6. The van der Waals surface area contributed by atoms with E-state index in [-0.39, 0.29) is 11.5 Å². The van der Waals surface area contributed by atoms with Crippen LogP contribution in [0.1, 0.15) is 27.2 Å². The van der Waals surface area contributed by atoms with Gasteiger partial charge in [0.1, 0.15) is 5.84 Å². The zero-order valence-corrected chi connectivity index (χ0v) is 14.4. The predicted octanol–water partition coefficient (Wildman–Crippen LogP) is 3.15. The predicted molar refractivity (Wildman–Crippen MR) is 101 cm³/mol. The quantitative estimate of drug-likeness (QED) is 0.489. The van der Waals surface area contributed by atoms with Gasteiger partial charge in [-0.3, -0.25) is 10.2 Å². The van der Waals surface area contributed by atoms with Gasteiger partial charge in [0.15, 0.2) is 5.69 Å². The van der Waals surface area contributed by atoms with Crippen molar-refractivity contribution in [1.82, 2.24) is 15.5 Å². The summed E-state index contributed by atoms with van der Waals surface area (Å²) >= 11 is 0. The molecule has 26 heavy (non-hydrogen) atoms. The highest BCUT2D eigenvalue weighted by atomic mass is 16.2. The number of hydrogen-bond acceptors (Lipinski definition) is 5. The van der Waals surface area contributed by atoms with E-state index in [0.717, 1.165) is 11.3 Å². The van der Waals surface area contributed by atoms with E-state index in [1.54, 1.807) is 18.2 Å². The fourth-order valence-corrected chi connectivity index (χ4v) is 2.43. The zero-order chi connectivity index (χ0) is 18.4. The first kappa shape index (κ1) is 17.3. The van der Waals surface area contributed by atoms with Gasteiger partial charge in [-0.2, -0.15) is 5.10 Å². The molecule has 0 unspecified atom stereocenters. The molecular weight excluding hydrogens is 326 g/mol. The lowest BCUT2D eigenvalue weighted by atomic mass is 10.1. The smallest absolute Gasteiger partial charge is 0.277 e. The number of aryl methyl sites for hydroxylation is 1. The number of aromatic nitrogens is 2. The van der Waals surface area contributed by atoms with Gasteiger partial charge in [-0.25, -0.2) is 0 Å². The number of benzene rings is 2. The van der Waals surface area contributed by atoms with E-state index in [4.69, 9.17) is 5.41 Å². The third-order valence-corrected chi connectivity index (χ3v) is 3.84. The molecule has 0 radical (unpaired) electrons. The van der Waals surface area contributed by atoms with Crippen LogP contribution in [0, 0.1) is 12.3 Å². The van der Waals surface area contributed by atoms with Crippen molar-refractivity contribution in [3.63, 3.8) is 0 Å². The molecule has 6 nitrogen and oxygen atoms in total. The zero-order valence-electron chi connectivity index (χ0n) is 14.4. The topological polar surface area (TPSA) is 90.8 Å². The Hall–Kier alpha value is -3.54. The Morgan fingerprint density at radius 2 is 1.81 bits per heavy atom. The van der Waals surface area contributed by atoms with Gasteiger partial charge in [0, 0.05) is 24.0 Å². The van der Waals surface area contributed by atoms with Crippen LogP contribution in [0.15, 0.2) is 66.9 Å². The SMILES string of the molecule is Cc1ccc(CNc2ccccc2C(=N)NC(=O)c2cccnn2)cc1. The van der Waals surface area contributed by atoms with Crippen molar-refractivity contribution in [3.05, 3.63) is 89.2 Å². The van der Waals surface area contributed by atoms with Gasteiger partial charge in [0.05, 0.1) is 0 Å². The second-order valence-electron chi connectivity index (χ2n) is 5.82. The molecule has 3 N–H and O–H groups in total. The van der Waals surface area contributed by atoms with Crippen molar-refractivity contribution in [2.75, 3.05) is 5.32 Å². The van der Waals surface area contributed by atoms with Crippen LogP contribution in [0.3, 0.4) is 0 Å². The molecule has 0 aliphatic carbocycles. The number of carbonyl (C=O) groups excluding carboxylic acids is 1. The maximum absolute atomic E-state index is 12.2. The average Bonchev–Trinajstić information content (AvgIpc) is 2.68. The third kappa shape index (κ3) is 4.30. The second kappa shape index (κ2) is 8.02. The summed E-state index contributed by atoms with van der Waals surface area (Å²) in [5.41, 5.74) is 3.90. The maximum Gasteiger partial charge on any atom is 0.277 e. The Bertz CT molecular complexity index is 907. The summed E-state index contributed by atoms with van der Waals surface area (Å²) < 4.78 is 0. The van der Waals surface area contributed by atoms with Crippen LogP contribution >= 0.6 is 0 Å². The normalized spacial score (nSPS) is 10.2. The van der Waals surface area contributed by atoms with Gasteiger partial charge in [-0.15, -0.1) is 5.10 Å². The first-order valence-electron chi connectivity index (χ1n) is 8.20. The molecule has 2 aromatic carbocycles. The second-order valence-corrected chi connectivity index (χ2v) is 5.82. The van der Waals surface area contributed by atoms with Crippen LogP contribution < -0.4 is 10.6 Å². The van der Waals surface area contributed by atoms with Crippen LogP contribution in [0.25, 0.3) is 0 Å². The number of para-hydroxylation sites is 1. The number of amidine groups is 1. The molecule has 1 aromatic heterocycles. The number of nitrogens with zero attached hydrogens (tertiary/aromatic N) is 2. The molecule has 0 saturated carbocycles. The van der Waals surface area contributed by atoms with E-state index in [9.17, 15) is 4.79 Å². The molecule has 3 rings (SSSR count). The van der Waals surface area contributed by atoms with E-state index < -0.39 is 5.91 Å².